The molecule has 1 N–H and O–H groups in total. The number of benzene rings is 2. The first-order chi connectivity index (χ1) is 10.8. The van der Waals surface area contributed by atoms with Crippen molar-refractivity contribution in [1.29, 1.82) is 5.26 Å². The maximum Gasteiger partial charge on any atom is 0.152 e. The van der Waals surface area contributed by atoms with E-state index in [-0.39, 0.29) is 0 Å². The molecule has 0 saturated carbocycles. The Morgan fingerprint density at radius 3 is 2.82 bits per heavy atom. The van der Waals surface area contributed by atoms with Gasteiger partial charge in [-0.2, -0.15) is 5.26 Å². The number of nitrogens with one attached hydrogen (secondary N) is 1. The van der Waals surface area contributed by atoms with Gasteiger partial charge < -0.3 is 9.72 Å². The summed E-state index contributed by atoms with van der Waals surface area (Å²) in [5.41, 5.74) is 3.44. The van der Waals surface area contributed by atoms with Crippen molar-refractivity contribution in [2.45, 2.75) is 6.92 Å². The van der Waals surface area contributed by atoms with Crippen molar-refractivity contribution in [2.75, 3.05) is 6.61 Å². The highest BCUT2D eigenvalue weighted by molar-refractivity contribution is 6.05. The molecule has 0 aliphatic carbocycles. The van der Waals surface area contributed by atoms with E-state index in [9.17, 15) is 4.79 Å². The molecule has 0 atom stereocenters. The maximum absolute atomic E-state index is 11.6. The lowest BCUT2D eigenvalue weighted by Gasteiger charge is -2.09. The zero-order valence-electron chi connectivity index (χ0n) is 12.1. The van der Waals surface area contributed by atoms with Crippen LogP contribution in [0.3, 0.4) is 0 Å². The van der Waals surface area contributed by atoms with Crippen LogP contribution in [-0.4, -0.2) is 17.9 Å². The molecule has 0 amide bonds. The van der Waals surface area contributed by atoms with Crippen LogP contribution in [-0.2, 0) is 0 Å². The zero-order chi connectivity index (χ0) is 15.5. The van der Waals surface area contributed by atoms with Crippen LogP contribution >= 0.6 is 0 Å². The Balaban J connectivity index is 2.28. The van der Waals surface area contributed by atoms with Gasteiger partial charge in [0.05, 0.1) is 23.9 Å². The highest BCUT2D eigenvalue weighted by Gasteiger charge is 2.16. The number of hydrogen-bond acceptors (Lipinski definition) is 3. The molecule has 3 rings (SSSR count). The smallest absolute Gasteiger partial charge is 0.152 e. The van der Waals surface area contributed by atoms with Gasteiger partial charge in [0.2, 0.25) is 0 Å². The number of rotatable bonds is 4. The van der Waals surface area contributed by atoms with E-state index >= 15 is 0 Å². The largest absolute Gasteiger partial charge is 0.493 e. The first-order valence-corrected chi connectivity index (χ1v) is 7.01. The predicted octanol–water partition coefficient (Wildman–Crippen LogP) is 3.92. The Hall–Kier alpha value is -3.06. The molecule has 108 valence electrons. The van der Waals surface area contributed by atoms with Crippen molar-refractivity contribution < 1.29 is 9.53 Å². The second-order valence-corrected chi connectivity index (χ2v) is 4.83. The van der Waals surface area contributed by atoms with Gasteiger partial charge in [0.25, 0.3) is 0 Å². The number of aromatic nitrogens is 1. The number of H-pyrrole nitrogens is 1. The highest BCUT2D eigenvalue weighted by atomic mass is 16.5. The van der Waals surface area contributed by atoms with Crippen LogP contribution in [0.25, 0.3) is 22.2 Å². The number of nitriles is 1. The van der Waals surface area contributed by atoms with Gasteiger partial charge in [-0.1, -0.05) is 12.1 Å². The Bertz CT molecular complexity index is 888. The van der Waals surface area contributed by atoms with E-state index in [0.29, 0.717) is 23.4 Å². The molecular formula is C18H14N2O2. The van der Waals surface area contributed by atoms with Crippen LogP contribution in [0.5, 0.6) is 5.75 Å². The van der Waals surface area contributed by atoms with E-state index in [1.807, 2.05) is 37.3 Å². The summed E-state index contributed by atoms with van der Waals surface area (Å²) >= 11 is 0. The quantitative estimate of drug-likeness (QED) is 0.741. The van der Waals surface area contributed by atoms with Gasteiger partial charge in [0.1, 0.15) is 5.75 Å². The van der Waals surface area contributed by atoms with Crippen molar-refractivity contribution in [3.8, 4) is 23.1 Å². The molecule has 0 aliphatic heterocycles. The minimum atomic E-state index is 0.527. The monoisotopic (exact) mass is 290 g/mol. The fraction of sp³-hybridized carbons (Fsp3) is 0.111. The molecule has 22 heavy (non-hydrogen) atoms. The second kappa shape index (κ2) is 5.74. The van der Waals surface area contributed by atoms with E-state index in [1.165, 1.54) is 0 Å². The summed E-state index contributed by atoms with van der Waals surface area (Å²) in [4.78, 5) is 14.9. The topological polar surface area (TPSA) is 65.9 Å². The second-order valence-electron chi connectivity index (χ2n) is 4.83. The van der Waals surface area contributed by atoms with Crippen LogP contribution in [0.1, 0.15) is 22.8 Å². The summed E-state index contributed by atoms with van der Waals surface area (Å²) in [5, 5.41) is 9.78. The SMILES string of the molecule is CCOc1ccccc1-c1[nH]c2ccc(C#N)cc2c1C=O. The number of nitrogens with zero attached hydrogens (tertiary/aromatic N) is 1. The number of hydrogen-bond donors (Lipinski definition) is 1. The lowest BCUT2D eigenvalue weighted by atomic mass is 10.0. The van der Waals surface area contributed by atoms with Gasteiger partial charge in [-0.3, -0.25) is 4.79 Å². The summed E-state index contributed by atoms with van der Waals surface area (Å²) in [6.45, 7) is 2.47. The molecule has 3 aromatic rings. The van der Waals surface area contributed by atoms with Crippen molar-refractivity contribution in [1.82, 2.24) is 4.98 Å². The molecule has 0 bridgehead atoms. The van der Waals surface area contributed by atoms with Crippen molar-refractivity contribution in [2.24, 2.45) is 0 Å². The maximum atomic E-state index is 11.6. The third-order valence-corrected chi connectivity index (χ3v) is 3.54. The molecule has 0 unspecified atom stereocenters. The van der Waals surface area contributed by atoms with Crippen LogP contribution in [0.2, 0.25) is 0 Å². The lowest BCUT2D eigenvalue weighted by molar-refractivity contribution is 0.112. The Morgan fingerprint density at radius 2 is 2.09 bits per heavy atom. The molecule has 0 fully saturated rings. The molecule has 4 heteroatoms. The number of carbonyl (C=O) groups excluding carboxylic acids is 1. The molecule has 1 aromatic heterocycles. The van der Waals surface area contributed by atoms with Crippen molar-refractivity contribution in [3.63, 3.8) is 0 Å². The summed E-state index contributed by atoms with van der Waals surface area (Å²) in [6, 6.07) is 14.9. The average molecular weight is 290 g/mol. The molecule has 1 heterocycles. The van der Waals surface area contributed by atoms with E-state index in [2.05, 4.69) is 11.1 Å². The summed E-state index contributed by atoms with van der Waals surface area (Å²) in [7, 11) is 0. The average Bonchev–Trinajstić information content (AvgIpc) is 2.93. The van der Waals surface area contributed by atoms with Gasteiger partial charge in [0.15, 0.2) is 6.29 Å². The number of para-hydroxylation sites is 1. The standard InChI is InChI=1S/C18H14N2O2/c1-2-22-17-6-4-3-5-13(17)18-15(11-21)14-9-12(10-19)7-8-16(14)20-18/h3-9,11,20H,2H2,1H3. The molecule has 0 saturated heterocycles. The minimum Gasteiger partial charge on any atom is -0.493 e. The number of fused-ring (bicyclic) bond motifs is 1. The Morgan fingerprint density at radius 1 is 1.27 bits per heavy atom. The fourth-order valence-electron chi connectivity index (χ4n) is 2.57. The lowest BCUT2D eigenvalue weighted by Crippen LogP contribution is -1.95. The van der Waals surface area contributed by atoms with Gasteiger partial charge in [0, 0.05) is 22.0 Å². The Kier molecular flexibility index (Phi) is 3.63. The van der Waals surface area contributed by atoms with E-state index in [0.717, 1.165) is 28.5 Å². The molecular weight excluding hydrogens is 276 g/mol. The molecule has 0 aliphatic rings. The molecule has 2 aromatic carbocycles. The van der Waals surface area contributed by atoms with E-state index in [4.69, 9.17) is 10.00 Å². The number of aldehydes is 1. The summed E-state index contributed by atoms with van der Waals surface area (Å²) in [6.07, 6.45) is 0.818. The molecule has 0 spiro atoms. The molecule has 4 nitrogen and oxygen atoms in total. The van der Waals surface area contributed by atoms with E-state index < -0.39 is 0 Å². The minimum absolute atomic E-state index is 0.527. The third-order valence-electron chi connectivity index (χ3n) is 3.54. The van der Waals surface area contributed by atoms with Gasteiger partial charge >= 0.3 is 0 Å². The van der Waals surface area contributed by atoms with Gasteiger partial charge in [-0.25, -0.2) is 0 Å². The van der Waals surface area contributed by atoms with Gasteiger partial charge in [-0.05, 0) is 37.3 Å². The van der Waals surface area contributed by atoms with E-state index in [1.54, 1.807) is 12.1 Å². The number of carbonyl (C=O) groups is 1. The van der Waals surface area contributed by atoms with Crippen LogP contribution in [0.4, 0.5) is 0 Å². The number of aromatic amines is 1. The fourth-order valence-corrected chi connectivity index (χ4v) is 2.57. The summed E-state index contributed by atoms with van der Waals surface area (Å²) in [5.74, 6) is 0.722. The van der Waals surface area contributed by atoms with Crippen molar-refractivity contribution >= 4 is 17.2 Å². The first-order valence-electron chi connectivity index (χ1n) is 7.01. The van der Waals surface area contributed by atoms with Crippen LogP contribution in [0, 0.1) is 11.3 Å². The van der Waals surface area contributed by atoms with Crippen LogP contribution in [0.15, 0.2) is 42.5 Å². The van der Waals surface area contributed by atoms with Crippen LogP contribution < -0.4 is 4.74 Å². The van der Waals surface area contributed by atoms with Gasteiger partial charge in [-0.15, -0.1) is 0 Å². The normalized spacial score (nSPS) is 10.4. The number of ether oxygens (including phenoxy) is 1. The Labute approximate surface area is 128 Å². The molecule has 0 radical (unpaired) electrons. The summed E-state index contributed by atoms with van der Waals surface area (Å²) < 4.78 is 5.64. The highest BCUT2D eigenvalue weighted by Crippen LogP contribution is 2.35. The zero-order valence-corrected chi connectivity index (χ0v) is 12.1. The van der Waals surface area contributed by atoms with Crippen molar-refractivity contribution in [3.05, 3.63) is 53.6 Å². The first kappa shape index (κ1) is 13.9. The third kappa shape index (κ3) is 2.23. The predicted molar refractivity (Wildman–Crippen MR) is 85.0 cm³/mol.